The molecule has 2 saturated heterocycles. The molecule has 0 atom stereocenters. The average molecular weight is 446 g/mol. The molecular formula is C25H27N5O3. The van der Waals surface area contributed by atoms with Gasteiger partial charge in [-0.15, -0.1) is 0 Å². The Balaban J connectivity index is 1.24. The van der Waals surface area contributed by atoms with Crippen LogP contribution in [0.15, 0.2) is 30.6 Å². The summed E-state index contributed by atoms with van der Waals surface area (Å²) in [5.74, 6) is 1.74. The maximum atomic E-state index is 12.4. The lowest BCUT2D eigenvalue weighted by Gasteiger charge is -2.38. The van der Waals surface area contributed by atoms with Gasteiger partial charge in [-0.25, -0.2) is 14.5 Å². The minimum absolute atomic E-state index is 0.0785. The molecule has 6 rings (SSSR count). The van der Waals surface area contributed by atoms with Crippen LogP contribution in [0.1, 0.15) is 62.0 Å². The number of benzene rings is 1. The molecule has 33 heavy (non-hydrogen) atoms. The lowest BCUT2D eigenvalue weighted by Crippen LogP contribution is -2.44. The molecule has 0 unspecified atom stereocenters. The summed E-state index contributed by atoms with van der Waals surface area (Å²) < 4.78 is 7.43. The Morgan fingerprint density at radius 2 is 1.94 bits per heavy atom. The molecule has 8 nitrogen and oxygen atoms in total. The van der Waals surface area contributed by atoms with Gasteiger partial charge < -0.3 is 9.64 Å². The summed E-state index contributed by atoms with van der Waals surface area (Å²) in [4.78, 5) is 35.6. The Bertz CT molecular complexity index is 1290. The number of fused-ring (bicyclic) bond motifs is 2. The number of carbonyl (C=O) groups excluding carboxylic acids is 2. The first-order valence-corrected chi connectivity index (χ1v) is 11.7. The van der Waals surface area contributed by atoms with Gasteiger partial charge in [0.2, 0.25) is 0 Å². The van der Waals surface area contributed by atoms with Gasteiger partial charge in [0.1, 0.15) is 11.4 Å². The van der Waals surface area contributed by atoms with Crippen LogP contribution in [0.25, 0.3) is 5.65 Å². The number of piperidine rings is 1. The number of hydrogen-bond acceptors (Lipinski definition) is 7. The first kappa shape index (κ1) is 20.3. The summed E-state index contributed by atoms with van der Waals surface area (Å²) in [7, 11) is 0. The van der Waals surface area contributed by atoms with Gasteiger partial charge in [-0.1, -0.05) is 18.2 Å². The predicted molar refractivity (Wildman–Crippen MR) is 121 cm³/mol. The molecular weight excluding hydrogens is 418 g/mol. The van der Waals surface area contributed by atoms with E-state index in [2.05, 4.69) is 33.2 Å². The monoisotopic (exact) mass is 445 g/mol. The molecule has 0 saturated carbocycles. The van der Waals surface area contributed by atoms with Gasteiger partial charge in [0.25, 0.3) is 0 Å². The minimum atomic E-state index is -0.403. The highest BCUT2D eigenvalue weighted by Crippen LogP contribution is 2.38. The van der Waals surface area contributed by atoms with Crippen molar-refractivity contribution in [1.29, 1.82) is 0 Å². The van der Waals surface area contributed by atoms with Gasteiger partial charge in [-0.05, 0) is 37.0 Å². The third-order valence-electron chi connectivity index (χ3n) is 7.62. The lowest BCUT2D eigenvalue weighted by molar-refractivity contribution is -0.149. The van der Waals surface area contributed by atoms with Crippen molar-refractivity contribution >= 4 is 23.2 Å². The van der Waals surface area contributed by atoms with Crippen molar-refractivity contribution in [1.82, 2.24) is 19.6 Å². The summed E-state index contributed by atoms with van der Waals surface area (Å²) in [6, 6.07) is 6.29. The van der Waals surface area contributed by atoms with Crippen LogP contribution in [0.4, 0.5) is 5.82 Å². The van der Waals surface area contributed by atoms with E-state index in [9.17, 15) is 9.59 Å². The second kappa shape index (κ2) is 7.10. The van der Waals surface area contributed by atoms with E-state index in [1.807, 2.05) is 20.0 Å². The van der Waals surface area contributed by atoms with Crippen molar-refractivity contribution in [2.24, 2.45) is 0 Å². The molecule has 0 radical (unpaired) electrons. The Hall–Kier alpha value is -3.29. The van der Waals surface area contributed by atoms with Gasteiger partial charge >= 0.3 is 5.97 Å². The van der Waals surface area contributed by atoms with Gasteiger partial charge in [-0.2, -0.15) is 5.10 Å². The minimum Gasteiger partial charge on any atom is -0.459 e. The molecule has 2 fully saturated rings. The third-order valence-corrected chi connectivity index (χ3v) is 7.62. The number of ketones is 1. The van der Waals surface area contributed by atoms with Gasteiger partial charge in [0.05, 0.1) is 0 Å². The number of rotatable bonds is 3. The van der Waals surface area contributed by atoms with Crippen molar-refractivity contribution < 1.29 is 14.3 Å². The molecule has 0 bridgehead atoms. The molecule has 4 heterocycles. The molecule has 3 aromatic rings. The fraction of sp³-hybridized carbons (Fsp3) is 0.480. The molecule has 2 aromatic heterocycles. The zero-order chi connectivity index (χ0) is 22.8. The molecule has 3 aliphatic rings. The second-order valence-corrected chi connectivity index (χ2v) is 10.1. The molecule has 2 aliphatic heterocycles. The fourth-order valence-electron chi connectivity index (χ4n) is 5.54. The highest BCUT2D eigenvalue weighted by molar-refractivity contribution is 5.95. The van der Waals surface area contributed by atoms with Crippen LogP contribution in [0.3, 0.4) is 0 Å². The van der Waals surface area contributed by atoms with E-state index in [4.69, 9.17) is 9.72 Å². The van der Waals surface area contributed by atoms with Crippen molar-refractivity contribution in [3.05, 3.63) is 53.1 Å². The quantitative estimate of drug-likeness (QED) is 0.573. The molecule has 1 aliphatic carbocycles. The van der Waals surface area contributed by atoms with Crippen LogP contribution in [0.5, 0.6) is 0 Å². The number of nitrogens with zero attached hydrogens (tertiary/aromatic N) is 5. The standard InChI is InChI=1S/C25H27N5O3/c1-24(2)18-4-3-16(13-17(18)15-19(24)31)14-20-27-23-22(26-9-12-30(23)28-20)29-10-7-25(8-11-29)6-5-21(32)33-25/h3-4,9,12-13H,5-8,10-11,14-15H2,1-2H3. The van der Waals surface area contributed by atoms with Crippen molar-refractivity contribution in [2.45, 2.75) is 63.4 Å². The van der Waals surface area contributed by atoms with Crippen LogP contribution in [0, 0.1) is 0 Å². The second-order valence-electron chi connectivity index (χ2n) is 10.1. The largest absolute Gasteiger partial charge is 0.459 e. The molecule has 1 aromatic carbocycles. The number of ether oxygens (including phenoxy) is 1. The highest BCUT2D eigenvalue weighted by atomic mass is 16.6. The summed E-state index contributed by atoms with van der Waals surface area (Å²) >= 11 is 0. The number of hydrogen-bond donors (Lipinski definition) is 0. The first-order chi connectivity index (χ1) is 15.8. The van der Waals surface area contributed by atoms with E-state index < -0.39 is 5.41 Å². The maximum Gasteiger partial charge on any atom is 0.306 e. The molecule has 8 heteroatoms. The number of Topliss-reactive ketones (excluding diaryl/α,β-unsaturated/α-hetero) is 1. The zero-order valence-corrected chi connectivity index (χ0v) is 19.0. The van der Waals surface area contributed by atoms with E-state index in [-0.39, 0.29) is 17.4 Å². The van der Waals surface area contributed by atoms with Gasteiger partial charge in [-0.3, -0.25) is 9.59 Å². The topological polar surface area (TPSA) is 89.7 Å². The van der Waals surface area contributed by atoms with Crippen LogP contribution in [0.2, 0.25) is 0 Å². The summed E-state index contributed by atoms with van der Waals surface area (Å²) in [6.45, 7) is 5.55. The van der Waals surface area contributed by atoms with E-state index in [0.717, 1.165) is 66.3 Å². The third kappa shape index (κ3) is 3.31. The maximum absolute atomic E-state index is 12.4. The molecule has 170 valence electrons. The fourth-order valence-corrected chi connectivity index (χ4v) is 5.54. The van der Waals surface area contributed by atoms with Crippen molar-refractivity contribution in [2.75, 3.05) is 18.0 Å². The smallest absolute Gasteiger partial charge is 0.306 e. The Morgan fingerprint density at radius 1 is 1.12 bits per heavy atom. The molecule has 0 N–H and O–H groups in total. The lowest BCUT2D eigenvalue weighted by atomic mass is 9.85. The number of aromatic nitrogens is 4. The van der Waals surface area contributed by atoms with Crippen LogP contribution < -0.4 is 4.90 Å². The average Bonchev–Trinajstić information content (AvgIpc) is 3.42. The van der Waals surface area contributed by atoms with E-state index in [0.29, 0.717) is 19.3 Å². The van der Waals surface area contributed by atoms with E-state index >= 15 is 0 Å². The SMILES string of the molecule is CC1(C)C(=O)Cc2cc(Cc3nc4c(N5CCC6(CCC(=O)O6)CC5)nccn4n3)ccc21. The van der Waals surface area contributed by atoms with Gasteiger partial charge in [0.15, 0.2) is 17.3 Å². The predicted octanol–water partition coefficient (Wildman–Crippen LogP) is 2.79. The Kier molecular flexibility index (Phi) is 4.38. The van der Waals surface area contributed by atoms with E-state index in [1.165, 1.54) is 0 Å². The molecule has 0 amide bonds. The zero-order valence-electron chi connectivity index (χ0n) is 19.0. The van der Waals surface area contributed by atoms with E-state index in [1.54, 1.807) is 10.7 Å². The first-order valence-electron chi connectivity index (χ1n) is 11.7. The Labute approximate surface area is 192 Å². The van der Waals surface area contributed by atoms with Crippen LogP contribution >= 0.6 is 0 Å². The number of anilines is 1. The summed E-state index contributed by atoms with van der Waals surface area (Å²) in [5, 5.41) is 4.68. The Morgan fingerprint density at radius 3 is 2.70 bits per heavy atom. The van der Waals surface area contributed by atoms with Crippen molar-refractivity contribution in [3.8, 4) is 0 Å². The van der Waals surface area contributed by atoms with Crippen molar-refractivity contribution in [3.63, 3.8) is 0 Å². The molecule has 1 spiro atoms. The summed E-state index contributed by atoms with van der Waals surface area (Å²) in [5.41, 5.74) is 3.39. The highest BCUT2D eigenvalue weighted by Gasteiger charge is 2.43. The van der Waals surface area contributed by atoms with Crippen LogP contribution in [-0.2, 0) is 32.6 Å². The van der Waals surface area contributed by atoms with Crippen LogP contribution in [-0.4, -0.2) is 50.0 Å². The summed E-state index contributed by atoms with van der Waals surface area (Å²) in [6.07, 6.45) is 7.63. The normalized spacial score (nSPS) is 21.1. The number of carbonyl (C=O) groups is 2. The number of esters is 1. The van der Waals surface area contributed by atoms with Gasteiger partial charge in [0, 0.05) is 63.0 Å².